The molecule has 0 aromatic carbocycles. The number of thioether (sulfide) groups is 1. The summed E-state index contributed by atoms with van der Waals surface area (Å²) in [5.41, 5.74) is 5.88. The van der Waals surface area contributed by atoms with E-state index in [0.717, 1.165) is 23.2 Å². The predicted molar refractivity (Wildman–Crippen MR) is 90.2 cm³/mol. The summed E-state index contributed by atoms with van der Waals surface area (Å²) >= 11 is 3.30. The predicted octanol–water partition coefficient (Wildman–Crippen LogP) is 2.70. The van der Waals surface area contributed by atoms with Crippen LogP contribution in [0.1, 0.15) is 48.2 Å². The summed E-state index contributed by atoms with van der Waals surface area (Å²) in [5.74, 6) is 0.278. The zero-order valence-electron chi connectivity index (χ0n) is 12.2. The second kappa shape index (κ2) is 6.44. The minimum absolute atomic E-state index is 0.0681. The number of hydrogen-bond acceptors (Lipinski definition) is 6. The quantitative estimate of drug-likeness (QED) is 0.775. The van der Waals surface area contributed by atoms with Crippen LogP contribution in [0.4, 0.5) is 10.9 Å². The smallest absolute Gasteiger partial charge is 0.265 e. The van der Waals surface area contributed by atoms with Crippen LogP contribution >= 0.6 is 23.1 Å². The van der Waals surface area contributed by atoms with Crippen molar-refractivity contribution in [2.75, 3.05) is 17.3 Å². The number of nitrogen functional groups attached to an aromatic ring is 1. The zero-order valence-corrected chi connectivity index (χ0v) is 13.9. The largest absolute Gasteiger partial charge is 0.382 e. The Hall–Kier alpha value is -0.950. The molecule has 0 unspecified atom stereocenters. The molecule has 0 atom stereocenters. The van der Waals surface area contributed by atoms with Crippen LogP contribution in [-0.4, -0.2) is 34.5 Å². The molecule has 0 radical (unpaired) electrons. The molecule has 2 aliphatic rings. The van der Waals surface area contributed by atoms with Crippen molar-refractivity contribution in [1.29, 1.82) is 0 Å². The minimum Gasteiger partial charge on any atom is -0.382 e. The van der Waals surface area contributed by atoms with Gasteiger partial charge in [0.15, 0.2) is 5.13 Å². The Morgan fingerprint density at radius 2 is 1.90 bits per heavy atom. The van der Waals surface area contributed by atoms with Gasteiger partial charge in [0.25, 0.3) is 5.91 Å². The van der Waals surface area contributed by atoms with Gasteiger partial charge in [-0.05, 0) is 44.8 Å². The Balaban J connectivity index is 1.56. The van der Waals surface area contributed by atoms with E-state index in [9.17, 15) is 4.79 Å². The molecule has 21 heavy (non-hydrogen) atoms. The van der Waals surface area contributed by atoms with Gasteiger partial charge >= 0.3 is 0 Å². The maximum Gasteiger partial charge on any atom is 0.265 e. The molecule has 1 aromatic rings. The number of nitrogens with two attached hydrogens (primary N) is 1. The minimum atomic E-state index is -0.0681. The van der Waals surface area contributed by atoms with Crippen molar-refractivity contribution in [2.24, 2.45) is 0 Å². The summed E-state index contributed by atoms with van der Waals surface area (Å²) in [4.78, 5) is 17.1. The SMILES string of the molecule is CSC1CCC(NC(=O)c2sc(NC3CC3)nc2N)CC1. The number of anilines is 2. The Kier molecular flexibility index (Phi) is 4.59. The standard InChI is InChI=1S/C14H22N4OS2/c1-20-10-6-4-8(5-7-10)16-13(19)11-12(15)18-14(21-11)17-9-2-3-9/h8-10H,2-7,15H2,1H3,(H,16,19)(H,17,18). The maximum absolute atomic E-state index is 12.3. The van der Waals surface area contributed by atoms with E-state index in [2.05, 4.69) is 21.9 Å². The van der Waals surface area contributed by atoms with E-state index in [-0.39, 0.29) is 11.9 Å². The van der Waals surface area contributed by atoms with E-state index in [1.165, 1.54) is 37.0 Å². The van der Waals surface area contributed by atoms with Gasteiger partial charge in [-0.2, -0.15) is 11.8 Å². The van der Waals surface area contributed by atoms with Crippen LogP contribution in [0, 0.1) is 0 Å². The third-order valence-electron chi connectivity index (χ3n) is 4.11. The zero-order chi connectivity index (χ0) is 14.8. The van der Waals surface area contributed by atoms with E-state index >= 15 is 0 Å². The number of nitrogens with zero attached hydrogens (tertiary/aromatic N) is 1. The van der Waals surface area contributed by atoms with Crippen LogP contribution in [0.5, 0.6) is 0 Å². The molecular weight excluding hydrogens is 304 g/mol. The molecule has 1 aromatic heterocycles. The molecule has 2 aliphatic carbocycles. The lowest BCUT2D eigenvalue weighted by atomic mass is 9.95. The molecule has 0 aliphatic heterocycles. The third-order valence-corrected chi connectivity index (χ3v) is 6.25. The van der Waals surface area contributed by atoms with E-state index in [4.69, 9.17) is 5.73 Å². The molecule has 0 bridgehead atoms. The number of aromatic nitrogens is 1. The highest BCUT2D eigenvalue weighted by Crippen LogP contribution is 2.31. The van der Waals surface area contributed by atoms with E-state index in [0.29, 0.717) is 16.7 Å². The second-order valence-electron chi connectivity index (χ2n) is 5.83. The Morgan fingerprint density at radius 3 is 2.52 bits per heavy atom. The number of carbonyl (C=O) groups is 1. The fourth-order valence-electron chi connectivity index (χ4n) is 2.65. The highest BCUT2D eigenvalue weighted by Gasteiger charge is 2.26. The lowest BCUT2D eigenvalue weighted by Crippen LogP contribution is -2.38. The molecular formula is C14H22N4OS2. The third kappa shape index (κ3) is 3.83. The normalized spacial score (nSPS) is 25.6. The van der Waals surface area contributed by atoms with Gasteiger partial charge in [0, 0.05) is 17.3 Å². The summed E-state index contributed by atoms with van der Waals surface area (Å²) in [7, 11) is 0. The lowest BCUT2D eigenvalue weighted by Gasteiger charge is -2.27. The van der Waals surface area contributed by atoms with Gasteiger partial charge in [0.05, 0.1) is 0 Å². The van der Waals surface area contributed by atoms with Crippen molar-refractivity contribution in [2.45, 2.75) is 55.9 Å². The van der Waals surface area contributed by atoms with Gasteiger partial charge in [0.1, 0.15) is 10.7 Å². The van der Waals surface area contributed by atoms with Crippen molar-refractivity contribution < 1.29 is 4.79 Å². The first-order valence-electron chi connectivity index (χ1n) is 7.52. The molecule has 3 rings (SSSR count). The number of carbonyl (C=O) groups excluding carboxylic acids is 1. The monoisotopic (exact) mass is 326 g/mol. The molecule has 4 N–H and O–H groups in total. The Labute approximate surface area is 133 Å². The number of rotatable bonds is 5. The van der Waals surface area contributed by atoms with E-state index < -0.39 is 0 Å². The molecule has 0 spiro atoms. The second-order valence-corrected chi connectivity index (χ2v) is 7.97. The van der Waals surface area contributed by atoms with Crippen LogP contribution in [0.3, 0.4) is 0 Å². The van der Waals surface area contributed by atoms with Crippen LogP contribution in [0.25, 0.3) is 0 Å². The fraction of sp³-hybridized carbons (Fsp3) is 0.714. The van der Waals surface area contributed by atoms with Crippen molar-refractivity contribution in [3.05, 3.63) is 4.88 Å². The van der Waals surface area contributed by atoms with Crippen LogP contribution in [-0.2, 0) is 0 Å². The van der Waals surface area contributed by atoms with Crippen molar-refractivity contribution in [1.82, 2.24) is 10.3 Å². The van der Waals surface area contributed by atoms with Crippen molar-refractivity contribution in [3.8, 4) is 0 Å². The number of thiazole rings is 1. The molecule has 1 heterocycles. The Bertz CT molecular complexity index is 507. The van der Waals surface area contributed by atoms with Crippen molar-refractivity contribution >= 4 is 40.0 Å². The van der Waals surface area contributed by atoms with Gasteiger partial charge < -0.3 is 16.4 Å². The summed E-state index contributed by atoms with van der Waals surface area (Å²) in [6.07, 6.45) is 9.00. The summed E-state index contributed by atoms with van der Waals surface area (Å²) < 4.78 is 0. The van der Waals surface area contributed by atoms with Crippen LogP contribution in [0.15, 0.2) is 0 Å². The van der Waals surface area contributed by atoms with Crippen molar-refractivity contribution in [3.63, 3.8) is 0 Å². The molecule has 0 saturated heterocycles. The molecule has 116 valence electrons. The van der Waals surface area contributed by atoms with Gasteiger partial charge in [-0.25, -0.2) is 4.98 Å². The number of nitrogens with one attached hydrogen (secondary N) is 2. The fourth-order valence-corrected chi connectivity index (χ4v) is 4.26. The number of amides is 1. The summed E-state index contributed by atoms with van der Waals surface area (Å²) in [6, 6.07) is 0.801. The molecule has 2 saturated carbocycles. The first kappa shape index (κ1) is 15.0. The van der Waals surface area contributed by atoms with Gasteiger partial charge in [-0.3, -0.25) is 4.79 Å². The first-order valence-corrected chi connectivity index (χ1v) is 9.62. The number of hydrogen-bond donors (Lipinski definition) is 3. The lowest BCUT2D eigenvalue weighted by molar-refractivity contribution is 0.0933. The topological polar surface area (TPSA) is 80.0 Å². The van der Waals surface area contributed by atoms with E-state index in [1.54, 1.807) is 0 Å². The van der Waals surface area contributed by atoms with Crippen LogP contribution < -0.4 is 16.4 Å². The summed E-state index contributed by atoms with van der Waals surface area (Å²) in [6.45, 7) is 0. The molecule has 7 heteroatoms. The first-order chi connectivity index (χ1) is 10.2. The molecule has 1 amide bonds. The average molecular weight is 326 g/mol. The van der Waals surface area contributed by atoms with Gasteiger partial charge in [-0.15, -0.1) is 0 Å². The van der Waals surface area contributed by atoms with Gasteiger partial charge in [-0.1, -0.05) is 11.3 Å². The molecule has 5 nitrogen and oxygen atoms in total. The Morgan fingerprint density at radius 1 is 1.24 bits per heavy atom. The van der Waals surface area contributed by atoms with Crippen LogP contribution in [0.2, 0.25) is 0 Å². The average Bonchev–Trinajstić information content (AvgIpc) is 3.21. The molecule has 2 fully saturated rings. The maximum atomic E-state index is 12.3. The van der Waals surface area contributed by atoms with E-state index in [1.807, 2.05) is 11.8 Å². The highest BCUT2D eigenvalue weighted by atomic mass is 32.2. The summed E-state index contributed by atoms with van der Waals surface area (Å²) in [5, 5.41) is 7.93. The van der Waals surface area contributed by atoms with Gasteiger partial charge in [0.2, 0.25) is 0 Å². The highest BCUT2D eigenvalue weighted by molar-refractivity contribution is 7.99.